The lowest BCUT2D eigenvalue weighted by atomic mass is 10.2. The number of nitrogens with one attached hydrogen (secondary N) is 2. The number of thioether (sulfide) groups is 1. The molecule has 0 saturated heterocycles. The SMILES string of the molecule is O=C(Cc1cc(=O)[nH]c(SC/C=C/c2ccccc2)n1)NCc1ccccc1. The van der Waals surface area contributed by atoms with Crippen molar-refractivity contribution in [2.24, 2.45) is 0 Å². The summed E-state index contributed by atoms with van der Waals surface area (Å²) in [5, 5.41) is 3.36. The predicted molar refractivity (Wildman–Crippen MR) is 113 cm³/mol. The van der Waals surface area contributed by atoms with Gasteiger partial charge in [-0.05, 0) is 11.1 Å². The first-order chi connectivity index (χ1) is 13.7. The molecule has 28 heavy (non-hydrogen) atoms. The molecule has 3 aromatic rings. The molecule has 0 spiro atoms. The summed E-state index contributed by atoms with van der Waals surface area (Å²) in [5.41, 5.74) is 2.35. The van der Waals surface area contributed by atoms with Crippen LogP contribution in [0.1, 0.15) is 16.8 Å². The highest BCUT2D eigenvalue weighted by Crippen LogP contribution is 2.13. The number of amides is 1. The van der Waals surface area contributed by atoms with E-state index in [4.69, 9.17) is 0 Å². The van der Waals surface area contributed by atoms with Crippen molar-refractivity contribution in [2.45, 2.75) is 18.1 Å². The highest BCUT2D eigenvalue weighted by Gasteiger charge is 2.07. The summed E-state index contributed by atoms with van der Waals surface area (Å²) in [4.78, 5) is 31.1. The van der Waals surface area contributed by atoms with E-state index in [1.807, 2.05) is 72.8 Å². The quantitative estimate of drug-likeness (QED) is 0.456. The van der Waals surface area contributed by atoms with Gasteiger partial charge in [-0.15, -0.1) is 0 Å². The van der Waals surface area contributed by atoms with E-state index in [1.165, 1.54) is 17.8 Å². The molecule has 5 nitrogen and oxygen atoms in total. The summed E-state index contributed by atoms with van der Waals surface area (Å²) in [6.45, 7) is 0.453. The highest BCUT2D eigenvalue weighted by atomic mass is 32.2. The van der Waals surface area contributed by atoms with Crippen LogP contribution in [-0.4, -0.2) is 21.6 Å². The van der Waals surface area contributed by atoms with Gasteiger partial charge < -0.3 is 10.3 Å². The van der Waals surface area contributed by atoms with Crippen LogP contribution in [-0.2, 0) is 17.8 Å². The number of carbonyl (C=O) groups excluding carboxylic acids is 1. The first kappa shape index (κ1) is 19.6. The molecular weight excluding hydrogens is 370 g/mol. The number of rotatable bonds is 8. The summed E-state index contributed by atoms with van der Waals surface area (Å²) < 4.78 is 0. The molecule has 1 aromatic heterocycles. The molecule has 0 unspecified atom stereocenters. The van der Waals surface area contributed by atoms with Crippen LogP contribution in [0.5, 0.6) is 0 Å². The Kier molecular flexibility index (Phi) is 7.21. The van der Waals surface area contributed by atoms with Gasteiger partial charge >= 0.3 is 0 Å². The Morgan fingerprint density at radius 2 is 1.79 bits per heavy atom. The van der Waals surface area contributed by atoms with Crippen molar-refractivity contribution in [1.29, 1.82) is 0 Å². The van der Waals surface area contributed by atoms with Gasteiger partial charge in [-0.25, -0.2) is 4.98 Å². The summed E-state index contributed by atoms with van der Waals surface area (Å²) in [6, 6.07) is 21.0. The molecule has 0 bridgehead atoms. The van der Waals surface area contributed by atoms with Gasteiger partial charge in [0.05, 0.1) is 12.1 Å². The second-order valence-corrected chi connectivity index (χ2v) is 7.11. The minimum Gasteiger partial charge on any atom is -0.352 e. The Bertz CT molecular complexity index is 985. The van der Waals surface area contributed by atoms with Crippen LogP contribution in [0, 0.1) is 0 Å². The van der Waals surface area contributed by atoms with Crippen molar-refractivity contribution in [3.63, 3.8) is 0 Å². The number of aromatic nitrogens is 2. The number of benzene rings is 2. The molecule has 6 heteroatoms. The summed E-state index contributed by atoms with van der Waals surface area (Å²) in [6.07, 6.45) is 4.11. The van der Waals surface area contributed by atoms with E-state index in [2.05, 4.69) is 15.3 Å². The van der Waals surface area contributed by atoms with Crippen molar-refractivity contribution in [3.05, 3.63) is 100.0 Å². The van der Waals surface area contributed by atoms with Crippen LogP contribution in [0.15, 0.2) is 82.8 Å². The number of carbonyl (C=O) groups is 1. The largest absolute Gasteiger partial charge is 0.352 e. The first-order valence-electron chi connectivity index (χ1n) is 8.94. The average molecular weight is 391 g/mol. The summed E-state index contributed by atoms with van der Waals surface area (Å²) in [7, 11) is 0. The van der Waals surface area contributed by atoms with Gasteiger partial charge in [0.2, 0.25) is 5.91 Å². The maximum Gasteiger partial charge on any atom is 0.251 e. The normalized spacial score (nSPS) is 10.9. The Morgan fingerprint density at radius 3 is 2.54 bits per heavy atom. The minimum atomic E-state index is -0.254. The molecule has 0 saturated carbocycles. The van der Waals surface area contributed by atoms with Crippen LogP contribution < -0.4 is 10.9 Å². The molecule has 1 amide bonds. The van der Waals surface area contributed by atoms with Crippen LogP contribution in [0.25, 0.3) is 6.08 Å². The smallest absolute Gasteiger partial charge is 0.251 e. The van der Waals surface area contributed by atoms with Gasteiger partial charge in [0, 0.05) is 18.4 Å². The molecule has 0 aliphatic carbocycles. The van der Waals surface area contributed by atoms with Gasteiger partial charge in [0.25, 0.3) is 5.56 Å². The molecular formula is C22H21N3O2S. The van der Waals surface area contributed by atoms with Gasteiger partial charge in [-0.3, -0.25) is 9.59 Å². The molecule has 0 fully saturated rings. The molecule has 0 atom stereocenters. The monoisotopic (exact) mass is 391 g/mol. The van der Waals surface area contributed by atoms with E-state index in [0.29, 0.717) is 23.1 Å². The van der Waals surface area contributed by atoms with Crippen LogP contribution in [0.4, 0.5) is 0 Å². The molecule has 2 N–H and O–H groups in total. The zero-order valence-electron chi connectivity index (χ0n) is 15.3. The second kappa shape index (κ2) is 10.3. The molecule has 0 aliphatic heterocycles. The lowest BCUT2D eigenvalue weighted by Crippen LogP contribution is -2.25. The lowest BCUT2D eigenvalue weighted by molar-refractivity contribution is -0.120. The molecule has 2 aromatic carbocycles. The van der Waals surface area contributed by atoms with E-state index in [1.54, 1.807) is 0 Å². The topological polar surface area (TPSA) is 74.8 Å². The van der Waals surface area contributed by atoms with E-state index >= 15 is 0 Å². The third kappa shape index (κ3) is 6.55. The Balaban J connectivity index is 1.53. The second-order valence-electron chi connectivity index (χ2n) is 6.11. The summed E-state index contributed by atoms with van der Waals surface area (Å²) >= 11 is 1.42. The maximum absolute atomic E-state index is 12.1. The fourth-order valence-corrected chi connectivity index (χ4v) is 3.25. The minimum absolute atomic E-state index is 0.0736. The predicted octanol–water partition coefficient (Wildman–Crippen LogP) is 3.43. The van der Waals surface area contributed by atoms with Crippen molar-refractivity contribution in [2.75, 3.05) is 5.75 Å². The molecule has 142 valence electrons. The highest BCUT2D eigenvalue weighted by molar-refractivity contribution is 7.99. The van der Waals surface area contributed by atoms with Gasteiger partial charge in [0.15, 0.2) is 5.16 Å². The van der Waals surface area contributed by atoms with Crippen molar-refractivity contribution in [3.8, 4) is 0 Å². The van der Waals surface area contributed by atoms with Crippen molar-refractivity contribution in [1.82, 2.24) is 15.3 Å². The number of hydrogen-bond acceptors (Lipinski definition) is 4. The van der Waals surface area contributed by atoms with E-state index in [0.717, 1.165) is 11.1 Å². The zero-order valence-corrected chi connectivity index (χ0v) is 16.1. The van der Waals surface area contributed by atoms with Gasteiger partial charge in [-0.2, -0.15) is 0 Å². The Labute approximate surface area is 167 Å². The van der Waals surface area contributed by atoms with E-state index in [-0.39, 0.29) is 17.9 Å². The van der Waals surface area contributed by atoms with Crippen LogP contribution >= 0.6 is 11.8 Å². The summed E-state index contributed by atoms with van der Waals surface area (Å²) in [5.74, 6) is 0.503. The molecule has 0 radical (unpaired) electrons. The average Bonchev–Trinajstić information content (AvgIpc) is 2.71. The standard InChI is InChI=1S/C22H21N3O2S/c26-20(23-16-18-10-5-2-6-11-18)14-19-15-21(27)25-22(24-19)28-13-7-12-17-8-3-1-4-9-17/h1-12,15H,13-14,16H2,(H,23,26)(H,24,25,27)/b12-7+. The van der Waals surface area contributed by atoms with Crippen molar-refractivity contribution >= 4 is 23.7 Å². The van der Waals surface area contributed by atoms with Crippen LogP contribution in [0.3, 0.4) is 0 Å². The molecule has 0 aliphatic rings. The Morgan fingerprint density at radius 1 is 1.07 bits per heavy atom. The third-order valence-electron chi connectivity index (χ3n) is 3.87. The molecule has 3 rings (SSSR count). The molecule has 1 heterocycles. The third-order valence-corrected chi connectivity index (χ3v) is 4.70. The maximum atomic E-state index is 12.1. The van der Waals surface area contributed by atoms with E-state index < -0.39 is 0 Å². The van der Waals surface area contributed by atoms with E-state index in [9.17, 15) is 9.59 Å². The van der Waals surface area contributed by atoms with Gasteiger partial charge in [-0.1, -0.05) is 84.6 Å². The van der Waals surface area contributed by atoms with Gasteiger partial charge in [0.1, 0.15) is 0 Å². The first-order valence-corrected chi connectivity index (χ1v) is 9.93. The zero-order chi connectivity index (χ0) is 19.6. The Hall–Kier alpha value is -3.12. The van der Waals surface area contributed by atoms with Crippen LogP contribution in [0.2, 0.25) is 0 Å². The number of H-pyrrole nitrogens is 1. The number of hydrogen-bond donors (Lipinski definition) is 2. The lowest BCUT2D eigenvalue weighted by Gasteiger charge is -2.06. The van der Waals surface area contributed by atoms with Crippen molar-refractivity contribution < 1.29 is 4.79 Å². The fraction of sp³-hybridized carbons (Fsp3) is 0.136. The number of aromatic amines is 1. The number of nitrogens with zero attached hydrogens (tertiary/aromatic N) is 1. The fourth-order valence-electron chi connectivity index (χ4n) is 2.54.